The number of pyridine rings is 1. The second-order valence-corrected chi connectivity index (χ2v) is 4.59. The molecule has 0 fully saturated rings. The molecule has 0 N–H and O–H groups in total. The Hall–Kier alpha value is -2.68. The first-order valence-corrected chi connectivity index (χ1v) is 6.37. The Kier molecular flexibility index (Phi) is 3.17. The van der Waals surface area contributed by atoms with Crippen LogP contribution in [0.4, 0.5) is 0 Å². The molecule has 3 heteroatoms. The molecular formula is C17H13NO2. The van der Waals surface area contributed by atoms with Crippen LogP contribution >= 0.6 is 0 Å². The Morgan fingerprint density at radius 3 is 2.50 bits per heavy atom. The number of hydrogen-bond donors (Lipinski definition) is 0. The molecule has 0 saturated heterocycles. The number of benzene rings is 2. The van der Waals surface area contributed by atoms with Crippen LogP contribution in [0.25, 0.3) is 10.9 Å². The lowest BCUT2D eigenvalue weighted by Gasteiger charge is -2.05. The number of hydrogen-bond acceptors (Lipinski definition) is 3. The Morgan fingerprint density at radius 1 is 0.950 bits per heavy atom. The molecule has 2 aromatic carbocycles. The molecule has 3 aromatic rings. The number of ether oxygens (including phenoxy) is 1. The molecule has 1 heterocycles. The Bertz CT molecular complexity index is 763. The summed E-state index contributed by atoms with van der Waals surface area (Å²) in [6, 6.07) is 18.6. The molecule has 0 unspecified atom stereocenters. The van der Waals surface area contributed by atoms with Gasteiger partial charge in [0.15, 0.2) is 0 Å². The van der Waals surface area contributed by atoms with Crippen LogP contribution in [-0.2, 0) is 0 Å². The Morgan fingerprint density at radius 2 is 1.70 bits per heavy atom. The third-order valence-electron chi connectivity index (χ3n) is 3.04. The van der Waals surface area contributed by atoms with Gasteiger partial charge in [-0.1, -0.05) is 42.0 Å². The van der Waals surface area contributed by atoms with E-state index in [1.54, 1.807) is 18.2 Å². The van der Waals surface area contributed by atoms with Crippen molar-refractivity contribution >= 4 is 16.9 Å². The first-order chi connectivity index (χ1) is 9.72. The summed E-state index contributed by atoms with van der Waals surface area (Å²) in [5.41, 5.74) is 2.21. The fourth-order valence-corrected chi connectivity index (χ4v) is 1.95. The van der Waals surface area contributed by atoms with Crippen molar-refractivity contribution in [3.8, 4) is 5.75 Å². The topological polar surface area (TPSA) is 39.2 Å². The van der Waals surface area contributed by atoms with E-state index in [1.807, 2.05) is 49.4 Å². The zero-order chi connectivity index (χ0) is 13.9. The summed E-state index contributed by atoms with van der Waals surface area (Å²) >= 11 is 0. The van der Waals surface area contributed by atoms with E-state index < -0.39 is 5.97 Å². The number of esters is 1. The van der Waals surface area contributed by atoms with Gasteiger partial charge in [0.2, 0.25) is 0 Å². The maximum absolute atomic E-state index is 12.1. The van der Waals surface area contributed by atoms with Crippen molar-refractivity contribution in [2.45, 2.75) is 6.92 Å². The third-order valence-corrected chi connectivity index (χ3v) is 3.04. The molecule has 0 atom stereocenters. The summed E-state index contributed by atoms with van der Waals surface area (Å²) in [6.07, 6.45) is 0. The van der Waals surface area contributed by atoms with Crippen LogP contribution in [0.3, 0.4) is 0 Å². The van der Waals surface area contributed by atoms with Crippen LogP contribution in [0.15, 0.2) is 60.7 Å². The minimum absolute atomic E-state index is 0.310. The predicted molar refractivity (Wildman–Crippen MR) is 77.9 cm³/mol. The second kappa shape index (κ2) is 5.13. The van der Waals surface area contributed by atoms with Crippen molar-refractivity contribution in [1.82, 2.24) is 4.98 Å². The summed E-state index contributed by atoms with van der Waals surface area (Å²) in [5, 5.41) is 0.999. The smallest absolute Gasteiger partial charge is 0.362 e. The van der Waals surface area contributed by atoms with Gasteiger partial charge in [0, 0.05) is 5.39 Å². The van der Waals surface area contributed by atoms with Gasteiger partial charge < -0.3 is 4.74 Å². The standard InChI is InChI=1S/C17H13NO2/c1-12-6-9-14(10-7-12)20-17(19)16-11-8-13-4-2-3-5-15(13)18-16/h2-11H,1H3. The lowest BCUT2D eigenvalue weighted by atomic mass is 10.2. The lowest BCUT2D eigenvalue weighted by molar-refractivity contribution is 0.0729. The van der Waals surface area contributed by atoms with Crippen molar-refractivity contribution in [3.63, 3.8) is 0 Å². The van der Waals surface area contributed by atoms with E-state index in [-0.39, 0.29) is 0 Å². The highest BCUT2D eigenvalue weighted by atomic mass is 16.5. The molecule has 0 aliphatic carbocycles. The molecule has 3 nitrogen and oxygen atoms in total. The number of nitrogens with zero attached hydrogens (tertiary/aromatic N) is 1. The maximum Gasteiger partial charge on any atom is 0.362 e. The molecule has 0 aliphatic heterocycles. The predicted octanol–water partition coefficient (Wildman–Crippen LogP) is 3.76. The number of carbonyl (C=O) groups excluding carboxylic acids is 1. The first kappa shape index (κ1) is 12.4. The van der Waals surface area contributed by atoms with Crippen LogP contribution in [0.5, 0.6) is 5.75 Å². The van der Waals surface area contributed by atoms with Crippen LogP contribution in [0, 0.1) is 6.92 Å². The van der Waals surface area contributed by atoms with Crippen molar-refractivity contribution in [2.75, 3.05) is 0 Å². The van der Waals surface area contributed by atoms with Crippen LogP contribution in [0.1, 0.15) is 16.1 Å². The molecule has 3 rings (SSSR count). The maximum atomic E-state index is 12.1. The summed E-state index contributed by atoms with van der Waals surface area (Å²) in [6.45, 7) is 1.98. The normalized spacial score (nSPS) is 10.4. The van der Waals surface area contributed by atoms with E-state index in [0.29, 0.717) is 11.4 Å². The second-order valence-electron chi connectivity index (χ2n) is 4.59. The number of rotatable bonds is 2. The lowest BCUT2D eigenvalue weighted by Crippen LogP contribution is -2.10. The number of aryl methyl sites for hydroxylation is 1. The number of carbonyl (C=O) groups is 1. The van der Waals surface area contributed by atoms with Crippen molar-refractivity contribution < 1.29 is 9.53 Å². The van der Waals surface area contributed by atoms with Crippen LogP contribution < -0.4 is 4.74 Å². The van der Waals surface area contributed by atoms with E-state index in [1.165, 1.54) is 0 Å². The van der Waals surface area contributed by atoms with Gasteiger partial charge in [-0.3, -0.25) is 0 Å². The van der Waals surface area contributed by atoms with Crippen molar-refractivity contribution in [3.05, 3.63) is 71.9 Å². The molecule has 98 valence electrons. The van der Waals surface area contributed by atoms with E-state index in [2.05, 4.69) is 4.98 Å². The minimum Gasteiger partial charge on any atom is -0.422 e. The SMILES string of the molecule is Cc1ccc(OC(=O)c2ccc3ccccc3n2)cc1. The van der Waals surface area contributed by atoms with Gasteiger partial charge >= 0.3 is 5.97 Å². The van der Waals surface area contributed by atoms with E-state index in [9.17, 15) is 4.79 Å². The molecular weight excluding hydrogens is 250 g/mol. The average Bonchev–Trinajstić information content (AvgIpc) is 2.49. The average molecular weight is 263 g/mol. The molecule has 0 bridgehead atoms. The molecule has 0 saturated carbocycles. The third kappa shape index (κ3) is 2.52. The zero-order valence-corrected chi connectivity index (χ0v) is 11.0. The first-order valence-electron chi connectivity index (χ1n) is 6.37. The highest BCUT2D eigenvalue weighted by molar-refractivity contribution is 5.92. The summed E-state index contributed by atoms with van der Waals surface area (Å²) < 4.78 is 5.30. The van der Waals surface area contributed by atoms with Crippen LogP contribution in [-0.4, -0.2) is 11.0 Å². The largest absolute Gasteiger partial charge is 0.422 e. The van der Waals surface area contributed by atoms with Gasteiger partial charge in [-0.2, -0.15) is 0 Å². The van der Waals surface area contributed by atoms with E-state index in [4.69, 9.17) is 4.74 Å². The molecule has 0 radical (unpaired) electrons. The number of fused-ring (bicyclic) bond motifs is 1. The van der Waals surface area contributed by atoms with Gasteiger partial charge in [-0.05, 0) is 31.2 Å². The molecule has 0 spiro atoms. The Balaban J connectivity index is 1.86. The van der Waals surface area contributed by atoms with Gasteiger partial charge in [0.25, 0.3) is 0 Å². The van der Waals surface area contributed by atoms with Crippen molar-refractivity contribution in [2.24, 2.45) is 0 Å². The van der Waals surface area contributed by atoms with E-state index in [0.717, 1.165) is 16.5 Å². The highest BCUT2D eigenvalue weighted by Crippen LogP contribution is 2.15. The molecule has 0 amide bonds. The fraction of sp³-hybridized carbons (Fsp3) is 0.0588. The van der Waals surface area contributed by atoms with E-state index >= 15 is 0 Å². The summed E-state index contributed by atoms with van der Waals surface area (Å²) in [5.74, 6) is 0.0789. The molecule has 20 heavy (non-hydrogen) atoms. The quantitative estimate of drug-likeness (QED) is 0.522. The monoisotopic (exact) mass is 263 g/mol. The fourth-order valence-electron chi connectivity index (χ4n) is 1.95. The van der Waals surface area contributed by atoms with Gasteiger partial charge in [-0.15, -0.1) is 0 Å². The zero-order valence-electron chi connectivity index (χ0n) is 11.0. The summed E-state index contributed by atoms with van der Waals surface area (Å²) in [4.78, 5) is 16.4. The minimum atomic E-state index is -0.445. The molecule has 0 aliphatic rings. The summed E-state index contributed by atoms with van der Waals surface area (Å²) in [7, 11) is 0. The highest BCUT2D eigenvalue weighted by Gasteiger charge is 2.10. The van der Waals surface area contributed by atoms with Crippen molar-refractivity contribution in [1.29, 1.82) is 0 Å². The Labute approximate surface area is 116 Å². The number of para-hydroxylation sites is 1. The molecule has 1 aromatic heterocycles. The van der Waals surface area contributed by atoms with Gasteiger partial charge in [0.05, 0.1) is 5.52 Å². The van der Waals surface area contributed by atoms with Crippen LogP contribution in [0.2, 0.25) is 0 Å². The van der Waals surface area contributed by atoms with Gasteiger partial charge in [-0.25, -0.2) is 9.78 Å². The van der Waals surface area contributed by atoms with Gasteiger partial charge in [0.1, 0.15) is 11.4 Å². The number of aromatic nitrogens is 1.